The molecule has 0 fully saturated rings. The van der Waals surface area contributed by atoms with E-state index in [1.165, 1.54) is 0 Å². The Morgan fingerprint density at radius 3 is 2.91 bits per heavy atom. The molecule has 0 saturated heterocycles. The lowest BCUT2D eigenvalue weighted by atomic mass is 10.1. The van der Waals surface area contributed by atoms with Crippen LogP contribution in [0, 0.1) is 0 Å². The normalized spacial score (nSPS) is 12.3. The third kappa shape index (κ3) is 3.42. The minimum Gasteiger partial charge on any atom is -0.496 e. The van der Waals surface area contributed by atoms with Crippen molar-refractivity contribution in [2.75, 3.05) is 7.11 Å². The van der Waals surface area contributed by atoms with E-state index in [1.54, 1.807) is 19.6 Å². The highest BCUT2D eigenvalue weighted by Gasteiger charge is 2.12. The van der Waals surface area contributed by atoms with Crippen LogP contribution in [0.25, 0.3) is 16.9 Å². The molecule has 5 nitrogen and oxygen atoms in total. The third-order valence-electron chi connectivity index (χ3n) is 3.52. The molecule has 1 aromatic carbocycles. The standard InChI is InChI=1S/C17H19N3O2S/c1-3-4-17(23)22-12-5-6-13(15(9-12)21-2)14-10-20-11-18-8-7-16(20)19-14/h5-11,17,23H,3-4H2,1-2H3. The third-order valence-corrected chi connectivity index (χ3v) is 3.88. The zero-order valence-corrected chi connectivity index (χ0v) is 14.0. The number of benzene rings is 1. The fraction of sp³-hybridized carbons (Fsp3) is 0.294. The van der Waals surface area contributed by atoms with Crippen LogP contribution in [0.4, 0.5) is 0 Å². The first kappa shape index (κ1) is 15.7. The van der Waals surface area contributed by atoms with Crippen LogP contribution >= 0.6 is 12.6 Å². The highest BCUT2D eigenvalue weighted by Crippen LogP contribution is 2.33. The molecule has 0 N–H and O–H groups in total. The maximum absolute atomic E-state index is 5.80. The van der Waals surface area contributed by atoms with Crippen LogP contribution in [-0.2, 0) is 0 Å². The Hall–Kier alpha value is -2.21. The van der Waals surface area contributed by atoms with E-state index in [0.717, 1.165) is 41.2 Å². The smallest absolute Gasteiger partial charge is 0.141 e. The van der Waals surface area contributed by atoms with Crippen molar-refractivity contribution in [3.05, 3.63) is 43.0 Å². The summed E-state index contributed by atoms with van der Waals surface area (Å²) in [4.78, 5) is 8.69. The Morgan fingerprint density at radius 1 is 1.30 bits per heavy atom. The average Bonchev–Trinajstić information content (AvgIpc) is 2.98. The molecule has 6 heteroatoms. The Balaban J connectivity index is 1.93. The van der Waals surface area contributed by atoms with Crippen molar-refractivity contribution in [2.45, 2.75) is 25.2 Å². The number of nitrogens with zero attached hydrogens (tertiary/aromatic N) is 3. The molecule has 0 saturated carbocycles. The first-order chi connectivity index (χ1) is 11.2. The Kier molecular flexibility index (Phi) is 4.71. The van der Waals surface area contributed by atoms with Crippen molar-refractivity contribution in [1.29, 1.82) is 0 Å². The van der Waals surface area contributed by atoms with Crippen LogP contribution in [0.2, 0.25) is 0 Å². The number of aromatic nitrogens is 3. The molecule has 0 aliphatic heterocycles. The fourth-order valence-corrected chi connectivity index (χ4v) is 2.77. The van der Waals surface area contributed by atoms with Gasteiger partial charge in [0.15, 0.2) is 0 Å². The van der Waals surface area contributed by atoms with Crippen molar-refractivity contribution >= 4 is 18.3 Å². The van der Waals surface area contributed by atoms with Gasteiger partial charge >= 0.3 is 0 Å². The predicted molar refractivity (Wildman–Crippen MR) is 93.3 cm³/mol. The molecule has 0 radical (unpaired) electrons. The zero-order valence-electron chi connectivity index (χ0n) is 13.1. The molecule has 0 aliphatic rings. The van der Waals surface area contributed by atoms with Gasteiger partial charge in [-0.2, -0.15) is 0 Å². The van der Waals surface area contributed by atoms with E-state index < -0.39 is 0 Å². The summed E-state index contributed by atoms with van der Waals surface area (Å²) in [6.45, 7) is 2.11. The Bertz CT molecular complexity index is 770. The molecule has 2 aromatic heterocycles. The summed E-state index contributed by atoms with van der Waals surface area (Å²) in [5.41, 5.74) is 2.47. The van der Waals surface area contributed by atoms with Gasteiger partial charge in [0.05, 0.1) is 12.8 Å². The monoisotopic (exact) mass is 329 g/mol. The second-order valence-electron chi connectivity index (χ2n) is 5.20. The van der Waals surface area contributed by atoms with E-state index in [4.69, 9.17) is 9.47 Å². The first-order valence-corrected chi connectivity index (χ1v) is 8.04. The number of fused-ring (bicyclic) bond motifs is 1. The SMILES string of the molecule is CCCC(S)Oc1ccc(-c2cn3cnccc3n2)c(OC)c1. The molecule has 120 valence electrons. The van der Waals surface area contributed by atoms with Crippen molar-refractivity contribution in [2.24, 2.45) is 0 Å². The van der Waals surface area contributed by atoms with Gasteiger partial charge in [-0.15, -0.1) is 12.6 Å². The molecule has 0 bridgehead atoms. The van der Waals surface area contributed by atoms with Crippen LogP contribution in [0.1, 0.15) is 19.8 Å². The minimum absolute atomic E-state index is 0.114. The number of hydrogen-bond donors (Lipinski definition) is 1. The van der Waals surface area contributed by atoms with E-state index in [2.05, 4.69) is 29.5 Å². The minimum atomic E-state index is -0.114. The van der Waals surface area contributed by atoms with Crippen LogP contribution in [0.3, 0.4) is 0 Å². The van der Waals surface area contributed by atoms with Gasteiger partial charge in [0.25, 0.3) is 0 Å². The zero-order chi connectivity index (χ0) is 16.2. The molecule has 3 rings (SSSR count). The lowest BCUT2D eigenvalue weighted by molar-refractivity contribution is 0.276. The van der Waals surface area contributed by atoms with Gasteiger partial charge in [-0.05, 0) is 24.6 Å². The van der Waals surface area contributed by atoms with Gasteiger partial charge in [0.1, 0.15) is 28.9 Å². The van der Waals surface area contributed by atoms with Crippen molar-refractivity contribution in [3.8, 4) is 22.8 Å². The van der Waals surface area contributed by atoms with Gasteiger partial charge in [0, 0.05) is 24.0 Å². The largest absolute Gasteiger partial charge is 0.496 e. The summed E-state index contributed by atoms with van der Waals surface area (Å²) in [6, 6.07) is 7.61. The Labute approximate surface area is 140 Å². The molecule has 1 unspecified atom stereocenters. The molecule has 2 heterocycles. The number of rotatable bonds is 6. The van der Waals surface area contributed by atoms with Gasteiger partial charge in [0.2, 0.25) is 0 Å². The molecular weight excluding hydrogens is 310 g/mol. The quantitative estimate of drug-likeness (QED) is 0.551. The average molecular weight is 329 g/mol. The summed E-state index contributed by atoms with van der Waals surface area (Å²) in [5.74, 6) is 1.46. The van der Waals surface area contributed by atoms with E-state index >= 15 is 0 Å². The summed E-state index contributed by atoms with van der Waals surface area (Å²) < 4.78 is 13.2. The number of methoxy groups -OCH3 is 1. The molecule has 0 spiro atoms. The molecule has 3 aromatic rings. The summed E-state index contributed by atoms with van der Waals surface area (Å²) in [7, 11) is 1.64. The van der Waals surface area contributed by atoms with Crippen molar-refractivity contribution < 1.29 is 9.47 Å². The number of hydrogen-bond acceptors (Lipinski definition) is 5. The van der Waals surface area contributed by atoms with Crippen molar-refractivity contribution in [1.82, 2.24) is 14.4 Å². The van der Waals surface area contributed by atoms with Crippen LogP contribution in [-0.4, -0.2) is 26.9 Å². The lowest BCUT2D eigenvalue weighted by Gasteiger charge is -2.15. The Morgan fingerprint density at radius 2 is 2.17 bits per heavy atom. The second-order valence-corrected chi connectivity index (χ2v) is 5.77. The molecule has 1 atom stereocenters. The van der Waals surface area contributed by atoms with Gasteiger partial charge in [-0.3, -0.25) is 4.40 Å². The highest BCUT2D eigenvalue weighted by molar-refractivity contribution is 7.80. The van der Waals surface area contributed by atoms with Crippen molar-refractivity contribution in [3.63, 3.8) is 0 Å². The lowest BCUT2D eigenvalue weighted by Crippen LogP contribution is -2.08. The van der Waals surface area contributed by atoms with E-state index in [1.807, 2.05) is 34.9 Å². The van der Waals surface area contributed by atoms with E-state index in [-0.39, 0.29) is 5.44 Å². The van der Waals surface area contributed by atoms with Crippen LogP contribution in [0.15, 0.2) is 43.0 Å². The van der Waals surface area contributed by atoms with Crippen LogP contribution in [0.5, 0.6) is 11.5 Å². The molecular formula is C17H19N3O2S. The maximum atomic E-state index is 5.80. The summed E-state index contributed by atoms with van der Waals surface area (Å²) in [5, 5.41) is 0. The fourth-order valence-electron chi connectivity index (χ4n) is 2.39. The number of thiol groups is 1. The van der Waals surface area contributed by atoms with E-state index in [9.17, 15) is 0 Å². The first-order valence-electron chi connectivity index (χ1n) is 7.53. The number of ether oxygens (including phenoxy) is 2. The van der Waals surface area contributed by atoms with Gasteiger partial charge < -0.3 is 9.47 Å². The predicted octanol–water partition coefficient (Wildman–Crippen LogP) is 3.84. The number of imidazole rings is 1. The van der Waals surface area contributed by atoms with E-state index in [0.29, 0.717) is 0 Å². The summed E-state index contributed by atoms with van der Waals surface area (Å²) >= 11 is 4.43. The van der Waals surface area contributed by atoms with Gasteiger partial charge in [-0.25, -0.2) is 9.97 Å². The highest BCUT2D eigenvalue weighted by atomic mass is 32.1. The maximum Gasteiger partial charge on any atom is 0.141 e. The molecule has 0 amide bonds. The summed E-state index contributed by atoms with van der Waals surface area (Å²) in [6.07, 6.45) is 7.30. The second kappa shape index (κ2) is 6.91. The molecule has 0 aliphatic carbocycles. The van der Waals surface area contributed by atoms with Crippen LogP contribution < -0.4 is 9.47 Å². The van der Waals surface area contributed by atoms with Gasteiger partial charge in [-0.1, -0.05) is 13.3 Å². The molecule has 23 heavy (non-hydrogen) atoms. The topological polar surface area (TPSA) is 48.7 Å².